The monoisotopic (exact) mass is 298 g/mol. The molecular formula is C10H6ClF3O3S. The Balaban J connectivity index is 2.39. The fourth-order valence-corrected chi connectivity index (χ4v) is 2.25. The lowest BCUT2D eigenvalue weighted by molar-refractivity contribution is -0.180. The second kappa shape index (κ2) is 4.17. The average Bonchev–Trinajstić information content (AvgIpc) is 2.25. The number of fused-ring (bicyclic) bond motifs is 1. The number of hydrogen-bond donors (Lipinski definition) is 0. The second-order valence-electron chi connectivity index (χ2n) is 3.58. The summed E-state index contributed by atoms with van der Waals surface area (Å²) in [7, 11) is 1.21. The first kappa shape index (κ1) is 13.2. The van der Waals surface area contributed by atoms with E-state index in [0.717, 1.165) is 30.4 Å². The van der Waals surface area contributed by atoms with E-state index in [4.69, 9.17) is 15.4 Å². The van der Waals surface area contributed by atoms with Crippen LogP contribution in [0, 0.1) is 0 Å². The number of rotatable bonds is 1. The van der Waals surface area contributed by atoms with Crippen LogP contribution in [0.4, 0.5) is 13.2 Å². The summed E-state index contributed by atoms with van der Waals surface area (Å²) >= 11 is 0. The lowest BCUT2D eigenvalue weighted by Gasteiger charge is -2.23. The molecule has 1 aliphatic rings. The van der Waals surface area contributed by atoms with E-state index < -0.39 is 21.3 Å². The molecule has 0 saturated heterocycles. The molecule has 1 aromatic rings. The number of hydrogen-bond acceptors (Lipinski definition) is 3. The zero-order valence-electron chi connectivity index (χ0n) is 8.61. The average molecular weight is 299 g/mol. The van der Waals surface area contributed by atoms with Gasteiger partial charge in [0, 0.05) is 16.2 Å². The van der Waals surface area contributed by atoms with Gasteiger partial charge in [0.25, 0.3) is 9.05 Å². The van der Waals surface area contributed by atoms with Gasteiger partial charge in [-0.1, -0.05) is 6.08 Å². The Morgan fingerprint density at radius 2 is 1.94 bits per heavy atom. The summed E-state index contributed by atoms with van der Waals surface area (Å²) < 4.78 is 64.1. The topological polar surface area (TPSA) is 43.4 Å². The second-order valence-corrected chi connectivity index (χ2v) is 6.14. The molecule has 18 heavy (non-hydrogen) atoms. The minimum absolute atomic E-state index is 0.0381. The normalized spacial score (nSPS) is 19.2. The third kappa shape index (κ3) is 2.62. The van der Waals surface area contributed by atoms with Crippen LogP contribution in [0.3, 0.4) is 0 Å². The van der Waals surface area contributed by atoms with Crippen LogP contribution in [-0.4, -0.2) is 20.7 Å². The van der Waals surface area contributed by atoms with E-state index in [1.807, 2.05) is 0 Å². The van der Waals surface area contributed by atoms with Gasteiger partial charge in [0.05, 0.1) is 4.90 Å². The largest absolute Gasteiger partial charge is 0.476 e. The first-order chi connectivity index (χ1) is 8.18. The van der Waals surface area contributed by atoms with Gasteiger partial charge in [-0.3, -0.25) is 0 Å². The molecule has 0 spiro atoms. The fourth-order valence-electron chi connectivity index (χ4n) is 1.46. The molecule has 98 valence electrons. The minimum atomic E-state index is -4.51. The number of halogens is 4. The van der Waals surface area contributed by atoms with Gasteiger partial charge < -0.3 is 4.74 Å². The van der Waals surface area contributed by atoms with Crippen molar-refractivity contribution in [2.45, 2.75) is 17.2 Å². The molecule has 1 unspecified atom stereocenters. The van der Waals surface area contributed by atoms with Crippen molar-refractivity contribution >= 4 is 25.8 Å². The minimum Gasteiger partial charge on any atom is -0.476 e. The van der Waals surface area contributed by atoms with Crippen molar-refractivity contribution in [1.29, 1.82) is 0 Å². The highest BCUT2D eigenvalue weighted by atomic mass is 35.7. The molecule has 0 fully saturated rings. The van der Waals surface area contributed by atoms with Gasteiger partial charge in [0.15, 0.2) is 0 Å². The molecule has 0 N–H and O–H groups in total. The summed E-state index contributed by atoms with van der Waals surface area (Å²) in [5.41, 5.74) is 0.234. The van der Waals surface area contributed by atoms with E-state index in [0.29, 0.717) is 0 Å². The fraction of sp³-hybridized carbons (Fsp3) is 0.200. The van der Waals surface area contributed by atoms with Crippen LogP contribution in [0.25, 0.3) is 6.08 Å². The quantitative estimate of drug-likeness (QED) is 0.749. The first-order valence-electron chi connectivity index (χ1n) is 4.68. The molecule has 0 aliphatic carbocycles. The predicted molar refractivity (Wildman–Crippen MR) is 59.0 cm³/mol. The van der Waals surface area contributed by atoms with Crippen LogP contribution >= 0.6 is 10.7 Å². The summed E-state index contributed by atoms with van der Waals surface area (Å²) in [6, 6.07) is 3.39. The van der Waals surface area contributed by atoms with Crippen LogP contribution in [-0.2, 0) is 9.05 Å². The maximum absolute atomic E-state index is 12.4. The molecule has 0 bridgehead atoms. The van der Waals surface area contributed by atoms with E-state index in [9.17, 15) is 21.6 Å². The van der Waals surface area contributed by atoms with Crippen LogP contribution < -0.4 is 4.74 Å². The molecular weight excluding hydrogens is 293 g/mol. The molecule has 0 aromatic heterocycles. The smallest absolute Gasteiger partial charge is 0.429 e. The van der Waals surface area contributed by atoms with Gasteiger partial charge in [-0.05, 0) is 24.3 Å². The van der Waals surface area contributed by atoms with E-state index in [2.05, 4.69) is 0 Å². The van der Waals surface area contributed by atoms with E-state index in [1.165, 1.54) is 0 Å². The summed E-state index contributed by atoms with van der Waals surface area (Å²) in [4.78, 5) is -0.193. The summed E-state index contributed by atoms with van der Waals surface area (Å²) in [5.74, 6) is -0.0381. The molecule has 8 heteroatoms. The highest BCUT2D eigenvalue weighted by Gasteiger charge is 2.41. The molecule has 0 saturated carbocycles. The van der Waals surface area contributed by atoms with Gasteiger partial charge in [-0.15, -0.1) is 0 Å². The van der Waals surface area contributed by atoms with E-state index in [1.54, 1.807) is 0 Å². The van der Waals surface area contributed by atoms with Crippen molar-refractivity contribution in [3.05, 3.63) is 29.8 Å². The Labute approximate surface area is 105 Å². The number of alkyl halides is 3. The third-order valence-corrected chi connectivity index (χ3v) is 3.64. The molecule has 1 atom stereocenters. The van der Waals surface area contributed by atoms with Crippen LogP contribution in [0.5, 0.6) is 5.75 Å². The van der Waals surface area contributed by atoms with Gasteiger partial charge in [0.2, 0.25) is 6.10 Å². The van der Waals surface area contributed by atoms with Crippen LogP contribution in [0.2, 0.25) is 0 Å². The van der Waals surface area contributed by atoms with Crippen molar-refractivity contribution < 1.29 is 26.3 Å². The van der Waals surface area contributed by atoms with Crippen molar-refractivity contribution in [2.75, 3.05) is 0 Å². The van der Waals surface area contributed by atoms with Gasteiger partial charge in [-0.25, -0.2) is 8.42 Å². The van der Waals surface area contributed by atoms with E-state index >= 15 is 0 Å². The molecule has 0 radical (unpaired) electrons. The molecule has 2 rings (SSSR count). The lowest BCUT2D eigenvalue weighted by Crippen LogP contribution is -2.33. The highest BCUT2D eigenvalue weighted by Crippen LogP contribution is 2.34. The number of ether oxygens (including phenoxy) is 1. The first-order valence-corrected chi connectivity index (χ1v) is 6.99. The maximum Gasteiger partial charge on any atom is 0.429 e. The third-order valence-electron chi connectivity index (χ3n) is 2.29. The molecule has 3 nitrogen and oxygen atoms in total. The SMILES string of the molecule is O=S(=O)(Cl)c1ccc2c(c1)C=CC(C(F)(F)F)O2. The predicted octanol–water partition coefficient (Wildman–Crippen LogP) is 2.95. The van der Waals surface area contributed by atoms with Crippen molar-refractivity contribution in [3.63, 3.8) is 0 Å². The summed E-state index contributed by atoms with van der Waals surface area (Å²) in [6.07, 6.45) is -4.57. The summed E-state index contributed by atoms with van der Waals surface area (Å²) in [6.45, 7) is 0. The Morgan fingerprint density at radius 3 is 2.50 bits per heavy atom. The van der Waals surface area contributed by atoms with Gasteiger partial charge >= 0.3 is 6.18 Å². The summed E-state index contributed by atoms with van der Waals surface area (Å²) in [5, 5.41) is 0. The Morgan fingerprint density at radius 1 is 1.28 bits per heavy atom. The van der Waals surface area contributed by atoms with Gasteiger partial charge in [-0.2, -0.15) is 13.2 Å². The molecule has 1 aromatic carbocycles. The number of benzene rings is 1. The highest BCUT2D eigenvalue weighted by molar-refractivity contribution is 8.13. The zero-order valence-corrected chi connectivity index (χ0v) is 10.2. The van der Waals surface area contributed by atoms with Gasteiger partial charge in [0.1, 0.15) is 5.75 Å². The van der Waals surface area contributed by atoms with Crippen molar-refractivity contribution in [1.82, 2.24) is 0 Å². The molecule has 1 aliphatic heterocycles. The maximum atomic E-state index is 12.4. The lowest BCUT2D eigenvalue weighted by atomic mass is 10.1. The Hall–Kier alpha value is -1.21. The van der Waals surface area contributed by atoms with E-state index in [-0.39, 0.29) is 16.2 Å². The van der Waals surface area contributed by atoms with Crippen molar-refractivity contribution in [2.24, 2.45) is 0 Å². The zero-order chi connectivity index (χ0) is 13.6. The van der Waals surface area contributed by atoms with Crippen LogP contribution in [0.15, 0.2) is 29.2 Å². The molecule has 0 amide bonds. The Bertz CT molecular complexity index is 607. The van der Waals surface area contributed by atoms with Crippen molar-refractivity contribution in [3.8, 4) is 5.75 Å². The standard InChI is InChI=1S/C10H6ClF3O3S/c11-18(15,16)7-2-3-8-6(5-7)1-4-9(17-8)10(12,13)14/h1-5,9H. The van der Waals surface area contributed by atoms with Crippen LogP contribution in [0.1, 0.15) is 5.56 Å². The Kier molecular flexibility index (Phi) is 3.06. The molecule has 1 heterocycles.